The summed E-state index contributed by atoms with van der Waals surface area (Å²) in [6, 6.07) is 6.03. The lowest BCUT2D eigenvalue weighted by molar-refractivity contribution is 0.0502. The van der Waals surface area contributed by atoms with Crippen LogP contribution in [0.2, 0.25) is 0 Å². The zero-order chi connectivity index (χ0) is 15.9. The third-order valence-electron chi connectivity index (χ3n) is 3.02. The number of nitrogens with zero attached hydrogens (tertiary/aromatic N) is 1. The van der Waals surface area contributed by atoms with E-state index >= 15 is 0 Å². The molecule has 1 rings (SSSR count). The molecule has 2 unspecified atom stereocenters. The third kappa shape index (κ3) is 7.09. The molecule has 0 saturated heterocycles. The van der Waals surface area contributed by atoms with Crippen molar-refractivity contribution >= 4 is 6.09 Å². The maximum Gasteiger partial charge on any atom is 0.407 e. The topological polar surface area (TPSA) is 63.2 Å². The highest BCUT2D eigenvalue weighted by molar-refractivity contribution is 5.68. The van der Waals surface area contributed by atoms with Gasteiger partial charge in [-0.15, -0.1) is 0 Å². The van der Waals surface area contributed by atoms with Crippen LogP contribution in [0.4, 0.5) is 4.79 Å². The van der Waals surface area contributed by atoms with E-state index in [-0.39, 0.29) is 18.2 Å². The molecule has 5 nitrogen and oxygen atoms in total. The quantitative estimate of drug-likeness (QED) is 0.846. The smallest absolute Gasteiger partial charge is 0.407 e. The van der Waals surface area contributed by atoms with Gasteiger partial charge in [-0.05, 0) is 46.2 Å². The minimum absolute atomic E-state index is 0.0333. The van der Waals surface area contributed by atoms with Crippen LogP contribution in [0.15, 0.2) is 24.4 Å². The van der Waals surface area contributed by atoms with Crippen molar-refractivity contribution in [2.45, 2.75) is 58.7 Å². The second-order valence-corrected chi connectivity index (χ2v) is 6.14. The molecule has 1 heterocycles. The van der Waals surface area contributed by atoms with Gasteiger partial charge in [0.1, 0.15) is 5.60 Å². The van der Waals surface area contributed by atoms with Crippen LogP contribution in [0.3, 0.4) is 0 Å². The Morgan fingerprint density at radius 3 is 2.62 bits per heavy atom. The Morgan fingerprint density at radius 1 is 1.38 bits per heavy atom. The van der Waals surface area contributed by atoms with E-state index in [1.807, 2.05) is 45.9 Å². The molecule has 1 aromatic heterocycles. The summed E-state index contributed by atoms with van der Waals surface area (Å²) in [6.45, 7) is 10.3. The summed E-state index contributed by atoms with van der Waals surface area (Å²) in [5.74, 6) is 0. The van der Waals surface area contributed by atoms with E-state index in [4.69, 9.17) is 4.74 Å². The average molecular weight is 293 g/mol. The highest BCUT2D eigenvalue weighted by Gasteiger charge is 2.19. The van der Waals surface area contributed by atoms with Gasteiger partial charge >= 0.3 is 6.09 Å². The van der Waals surface area contributed by atoms with Gasteiger partial charge in [0.2, 0.25) is 0 Å². The Bertz CT molecular complexity index is 429. The second kappa shape index (κ2) is 7.98. The van der Waals surface area contributed by atoms with Crippen molar-refractivity contribution in [2.75, 3.05) is 6.54 Å². The fraction of sp³-hybridized carbons (Fsp3) is 0.625. The minimum Gasteiger partial charge on any atom is -0.444 e. The van der Waals surface area contributed by atoms with Crippen molar-refractivity contribution in [2.24, 2.45) is 0 Å². The molecule has 2 atom stereocenters. The Labute approximate surface area is 127 Å². The normalized spacial score (nSPS) is 14.3. The van der Waals surface area contributed by atoms with E-state index in [0.717, 1.165) is 12.1 Å². The first-order chi connectivity index (χ1) is 9.81. The first kappa shape index (κ1) is 17.4. The Balaban J connectivity index is 2.42. The van der Waals surface area contributed by atoms with Gasteiger partial charge in [-0.3, -0.25) is 4.98 Å². The SMILES string of the molecule is CCC(CNC(C)c1ccccn1)NC(=O)OC(C)(C)C. The van der Waals surface area contributed by atoms with Crippen LogP contribution in [-0.2, 0) is 4.74 Å². The van der Waals surface area contributed by atoms with Crippen LogP contribution in [-0.4, -0.2) is 29.3 Å². The van der Waals surface area contributed by atoms with E-state index in [0.29, 0.717) is 6.54 Å². The third-order valence-corrected chi connectivity index (χ3v) is 3.02. The van der Waals surface area contributed by atoms with Gasteiger partial charge < -0.3 is 15.4 Å². The monoisotopic (exact) mass is 293 g/mol. The molecule has 5 heteroatoms. The summed E-state index contributed by atoms with van der Waals surface area (Å²) < 4.78 is 5.27. The molecule has 0 bridgehead atoms. The summed E-state index contributed by atoms with van der Waals surface area (Å²) in [5.41, 5.74) is 0.515. The van der Waals surface area contributed by atoms with Crippen molar-refractivity contribution in [3.8, 4) is 0 Å². The number of nitrogens with one attached hydrogen (secondary N) is 2. The Hall–Kier alpha value is -1.62. The van der Waals surface area contributed by atoms with E-state index in [2.05, 4.69) is 22.5 Å². The standard InChI is InChI=1S/C16H27N3O2/c1-6-13(19-15(20)21-16(3,4)5)11-18-12(2)14-9-7-8-10-17-14/h7-10,12-13,18H,6,11H2,1-5H3,(H,19,20). The zero-order valence-electron chi connectivity index (χ0n) is 13.6. The number of ether oxygens (including phenoxy) is 1. The van der Waals surface area contributed by atoms with Crippen LogP contribution < -0.4 is 10.6 Å². The highest BCUT2D eigenvalue weighted by atomic mass is 16.6. The predicted molar refractivity (Wildman–Crippen MR) is 84.1 cm³/mol. The molecule has 21 heavy (non-hydrogen) atoms. The van der Waals surface area contributed by atoms with Crippen LogP contribution in [0.5, 0.6) is 0 Å². The van der Waals surface area contributed by atoms with Crippen molar-refractivity contribution in [3.05, 3.63) is 30.1 Å². The lowest BCUT2D eigenvalue weighted by Gasteiger charge is -2.24. The number of hydrogen-bond donors (Lipinski definition) is 2. The Morgan fingerprint density at radius 2 is 2.10 bits per heavy atom. The highest BCUT2D eigenvalue weighted by Crippen LogP contribution is 2.09. The fourth-order valence-corrected chi connectivity index (χ4v) is 1.83. The molecule has 0 aliphatic rings. The maximum absolute atomic E-state index is 11.8. The van der Waals surface area contributed by atoms with Crippen molar-refractivity contribution in [1.29, 1.82) is 0 Å². The van der Waals surface area contributed by atoms with Crippen LogP contribution >= 0.6 is 0 Å². The average Bonchev–Trinajstić information content (AvgIpc) is 2.42. The molecule has 1 aromatic rings. The lowest BCUT2D eigenvalue weighted by atomic mass is 10.1. The molecule has 0 spiro atoms. The van der Waals surface area contributed by atoms with Crippen LogP contribution in [0.1, 0.15) is 52.8 Å². The molecule has 0 fully saturated rings. The number of hydrogen-bond acceptors (Lipinski definition) is 4. The summed E-state index contributed by atoms with van der Waals surface area (Å²) in [7, 11) is 0. The van der Waals surface area contributed by atoms with E-state index in [1.54, 1.807) is 6.20 Å². The lowest BCUT2D eigenvalue weighted by Crippen LogP contribution is -2.44. The maximum atomic E-state index is 11.8. The predicted octanol–water partition coefficient (Wildman–Crippen LogP) is 3.04. The summed E-state index contributed by atoms with van der Waals surface area (Å²) in [6.07, 6.45) is 2.24. The van der Waals surface area contributed by atoms with Crippen molar-refractivity contribution in [3.63, 3.8) is 0 Å². The molecular formula is C16H27N3O2. The number of amides is 1. The molecule has 0 aliphatic heterocycles. The van der Waals surface area contributed by atoms with Crippen molar-refractivity contribution in [1.82, 2.24) is 15.6 Å². The number of aromatic nitrogens is 1. The van der Waals surface area contributed by atoms with Gasteiger partial charge in [-0.2, -0.15) is 0 Å². The first-order valence-electron chi connectivity index (χ1n) is 7.45. The van der Waals surface area contributed by atoms with Gasteiger partial charge in [-0.25, -0.2) is 4.79 Å². The fourth-order valence-electron chi connectivity index (χ4n) is 1.83. The van der Waals surface area contributed by atoms with E-state index < -0.39 is 5.60 Å². The first-order valence-corrected chi connectivity index (χ1v) is 7.45. The van der Waals surface area contributed by atoms with E-state index in [1.165, 1.54) is 0 Å². The van der Waals surface area contributed by atoms with E-state index in [9.17, 15) is 4.79 Å². The van der Waals surface area contributed by atoms with Gasteiger partial charge in [0.25, 0.3) is 0 Å². The van der Waals surface area contributed by atoms with Crippen molar-refractivity contribution < 1.29 is 9.53 Å². The largest absolute Gasteiger partial charge is 0.444 e. The summed E-state index contributed by atoms with van der Waals surface area (Å²) >= 11 is 0. The molecule has 0 radical (unpaired) electrons. The number of pyridine rings is 1. The van der Waals surface area contributed by atoms with Crippen LogP contribution in [0.25, 0.3) is 0 Å². The molecular weight excluding hydrogens is 266 g/mol. The molecule has 0 aromatic carbocycles. The number of rotatable bonds is 6. The van der Waals surface area contributed by atoms with Crippen LogP contribution in [0, 0.1) is 0 Å². The van der Waals surface area contributed by atoms with Gasteiger partial charge in [-0.1, -0.05) is 13.0 Å². The molecule has 118 valence electrons. The number of carbonyl (C=O) groups is 1. The number of alkyl carbamates (subject to hydrolysis) is 1. The minimum atomic E-state index is -0.475. The molecule has 2 N–H and O–H groups in total. The van der Waals surface area contributed by atoms with Gasteiger partial charge in [0, 0.05) is 24.8 Å². The molecule has 1 amide bonds. The number of carbonyl (C=O) groups excluding carboxylic acids is 1. The van der Waals surface area contributed by atoms with Gasteiger partial charge in [0.05, 0.1) is 5.69 Å². The molecule has 0 saturated carbocycles. The second-order valence-electron chi connectivity index (χ2n) is 6.14. The Kier molecular flexibility index (Phi) is 6.62. The summed E-state index contributed by atoms with van der Waals surface area (Å²) in [5, 5.41) is 6.27. The summed E-state index contributed by atoms with van der Waals surface area (Å²) in [4.78, 5) is 16.1. The molecule has 0 aliphatic carbocycles. The van der Waals surface area contributed by atoms with Gasteiger partial charge in [0.15, 0.2) is 0 Å². The zero-order valence-corrected chi connectivity index (χ0v) is 13.6.